The second-order valence-electron chi connectivity index (χ2n) is 4.03. The Morgan fingerprint density at radius 1 is 1.50 bits per heavy atom. The minimum Gasteiger partial charge on any atom is -0.495 e. The summed E-state index contributed by atoms with van der Waals surface area (Å²) in [5, 5.41) is 6.34. The summed E-state index contributed by atoms with van der Waals surface area (Å²) in [5.74, 6) is 0.106. The van der Waals surface area contributed by atoms with Crippen LogP contribution in [0.1, 0.15) is 21.8 Å². The number of nitrogens with zero attached hydrogens (tertiary/aromatic N) is 1. The minimum atomic E-state index is -0.451. The number of para-hydroxylation sites is 1. The van der Waals surface area contributed by atoms with Crippen LogP contribution in [-0.4, -0.2) is 23.2 Å². The van der Waals surface area contributed by atoms with Gasteiger partial charge in [-0.1, -0.05) is 23.4 Å². The normalized spacial score (nSPS) is 10.1. The number of anilines is 1. The van der Waals surface area contributed by atoms with Crippen LogP contribution in [0.25, 0.3) is 0 Å². The molecule has 2 aromatic rings. The standard InChI is InChI=1S/C13H13N3O3S/c1-7-6-10(19-16-7)13(17)15-11-8(12(14)20)4-3-5-9(11)18-2/h3-6H,1-2H3,(H2,14,20)(H,15,17). The molecule has 0 aliphatic carbocycles. The summed E-state index contributed by atoms with van der Waals surface area (Å²) in [7, 11) is 1.49. The lowest BCUT2D eigenvalue weighted by molar-refractivity contribution is 0.0987. The van der Waals surface area contributed by atoms with E-state index in [1.165, 1.54) is 13.2 Å². The highest BCUT2D eigenvalue weighted by Crippen LogP contribution is 2.28. The van der Waals surface area contributed by atoms with E-state index in [4.69, 9.17) is 27.2 Å². The molecule has 0 atom stereocenters. The van der Waals surface area contributed by atoms with Crippen LogP contribution in [-0.2, 0) is 0 Å². The molecule has 1 aromatic heterocycles. The molecule has 20 heavy (non-hydrogen) atoms. The lowest BCUT2D eigenvalue weighted by Crippen LogP contribution is -2.18. The molecule has 0 unspecified atom stereocenters. The van der Waals surface area contributed by atoms with Gasteiger partial charge in [0.25, 0.3) is 5.91 Å². The molecule has 0 aliphatic heterocycles. The van der Waals surface area contributed by atoms with E-state index in [-0.39, 0.29) is 10.7 Å². The Bertz CT molecular complexity index is 667. The third kappa shape index (κ3) is 2.77. The Kier molecular flexibility index (Phi) is 3.99. The van der Waals surface area contributed by atoms with Crippen LogP contribution in [0.3, 0.4) is 0 Å². The van der Waals surface area contributed by atoms with Gasteiger partial charge in [-0.3, -0.25) is 4.79 Å². The maximum atomic E-state index is 12.1. The van der Waals surface area contributed by atoms with Crippen molar-refractivity contribution in [3.05, 3.63) is 41.3 Å². The maximum absolute atomic E-state index is 12.1. The van der Waals surface area contributed by atoms with Crippen LogP contribution in [0.4, 0.5) is 5.69 Å². The van der Waals surface area contributed by atoms with Gasteiger partial charge in [-0.15, -0.1) is 0 Å². The van der Waals surface area contributed by atoms with E-state index >= 15 is 0 Å². The van der Waals surface area contributed by atoms with Crippen molar-refractivity contribution in [2.75, 3.05) is 12.4 Å². The summed E-state index contributed by atoms with van der Waals surface area (Å²) < 4.78 is 10.1. The molecule has 1 aromatic carbocycles. The molecule has 0 radical (unpaired) electrons. The highest BCUT2D eigenvalue weighted by molar-refractivity contribution is 7.80. The molecule has 0 fully saturated rings. The monoisotopic (exact) mass is 291 g/mol. The van der Waals surface area contributed by atoms with E-state index in [2.05, 4.69) is 10.5 Å². The van der Waals surface area contributed by atoms with E-state index in [0.717, 1.165) is 0 Å². The van der Waals surface area contributed by atoms with Gasteiger partial charge in [0.1, 0.15) is 10.7 Å². The average Bonchev–Trinajstić information content (AvgIpc) is 2.85. The highest BCUT2D eigenvalue weighted by atomic mass is 32.1. The lowest BCUT2D eigenvalue weighted by atomic mass is 10.1. The quantitative estimate of drug-likeness (QED) is 0.836. The van der Waals surface area contributed by atoms with E-state index < -0.39 is 5.91 Å². The van der Waals surface area contributed by atoms with Gasteiger partial charge in [0.05, 0.1) is 18.5 Å². The molecule has 0 spiro atoms. The van der Waals surface area contributed by atoms with Crippen molar-refractivity contribution in [1.29, 1.82) is 0 Å². The van der Waals surface area contributed by atoms with Crippen molar-refractivity contribution < 1.29 is 14.1 Å². The molecule has 0 saturated carbocycles. The molecule has 1 amide bonds. The number of nitrogens with two attached hydrogens (primary N) is 1. The third-order valence-electron chi connectivity index (χ3n) is 2.60. The van der Waals surface area contributed by atoms with Gasteiger partial charge in [-0.05, 0) is 19.1 Å². The molecular weight excluding hydrogens is 278 g/mol. The highest BCUT2D eigenvalue weighted by Gasteiger charge is 2.17. The SMILES string of the molecule is COc1cccc(C(N)=S)c1NC(=O)c1cc(C)no1. The summed E-state index contributed by atoms with van der Waals surface area (Å²) >= 11 is 4.97. The van der Waals surface area contributed by atoms with E-state index in [9.17, 15) is 4.79 Å². The van der Waals surface area contributed by atoms with Crippen LogP contribution in [0.15, 0.2) is 28.8 Å². The fourth-order valence-corrected chi connectivity index (χ4v) is 1.85. The first kappa shape index (κ1) is 14.0. The predicted molar refractivity (Wildman–Crippen MR) is 78.1 cm³/mol. The molecule has 0 bridgehead atoms. The number of methoxy groups -OCH3 is 1. The van der Waals surface area contributed by atoms with Crippen molar-refractivity contribution in [1.82, 2.24) is 5.16 Å². The Hall–Kier alpha value is -2.41. The van der Waals surface area contributed by atoms with Crippen molar-refractivity contribution in [3.8, 4) is 5.75 Å². The number of aryl methyl sites for hydroxylation is 1. The van der Waals surface area contributed by atoms with Gasteiger partial charge in [-0.25, -0.2) is 0 Å². The van der Waals surface area contributed by atoms with Crippen molar-refractivity contribution >= 4 is 28.8 Å². The summed E-state index contributed by atoms with van der Waals surface area (Å²) in [4.78, 5) is 12.2. The van der Waals surface area contributed by atoms with Crippen molar-refractivity contribution in [2.24, 2.45) is 5.73 Å². The fraction of sp³-hybridized carbons (Fsp3) is 0.154. The molecule has 7 heteroatoms. The maximum Gasteiger partial charge on any atom is 0.294 e. The number of carbonyl (C=O) groups is 1. The predicted octanol–water partition coefficient (Wildman–Crippen LogP) is 1.88. The van der Waals surface area contributed by atoms with Gasteiger partial charge in [0.2, 0.25) is 5.76 Å². The molecule has 2 rings (SSSR count). The third-order valence-corrected chi connectivity index (χ3v) is 2.82. The molecule has 1 heterocycles. The lowest BCUT2D eigenvalue weighted by Gasteiger charge is -2.13. The van der Waals surface area contributed by atoms with Gasteiger partial charge in [0.15, 0.2) is 0 Å². The zero-order valence-electron chi connectivity index (χ0n) is 11.0. The zero-order valence-corrected chi connectivity index (χ0v) is 11.8. The smallest absolute Gasteiger partial charge is 0.294 e. The number of nitrogens with one attached hydrogen (secondary N) is 1. The van der Waals surface area contributed by atoms with Crippen LogP contribution in [0.2, 0.25) is 0 Å². The Morgan fingerprint density at radius 2 is 2.25 bits per heavy atom. The number of rotatable bonds is 4. The van der Waals surface area contributed by atoms with E-state index in [1.807, 2.05) is 0 Å². The number of hydrogen-bond acceptors (Lipinski definition) is 5. The zero-order chi connectivity index (χ0) is 14.7. The van der Waals surface area contributed by atoms with Crippen LogP contribution < -0.4 is 15.8 Å². The summed E-state index contributed by atoms with van der Waals surface area (Å²) in [5.41, 5.74) is 7.18. The largest absolute Gasteiger partial charge is 0.495 e. The molecule has 0 saturated heterocycles. The van der Waals surface area contributed by atoms with Gasteiger partial charge >= 0.3 is 0 Å². The van der Waals surface area contributed by atoms with Crippen LogP contribution in [0, 0.1) is 6.92 Å². The summed E-state index contributed by atoms with van der Waals surface area (Å²) in [6.45, 7) is 1.73. The van der Waals surface area contributed by atoms with Gasteiger partial charge in [-0.2, -0.15) is 0 Å². The Morgan fingerprint density at radius 3 is 2.80 bits per heavy atom. The topological polar surface area (TPSA) is 90.4 Å². The molecule has 104 valence electrons. The molecule has 6 nitrogen and oxygen atoms in total. The first-order valence-corrected chi connectivity index (χ1v) is 6.15. The van der Waals surface area contributed by atoms with Crippen molar-refractivity contribution in [3.63, 3.8) is 0 Å². The minimum absolute atomic E-state index is 0.0993. The average molecular weight is 291 g/mol. The second kappa shape index (κ2) is 5.70. The summed E-state index contributed by atoms with van der Waals surface area (Å²) in [6.07, 6.45) is 0. The number of carbonyl (C=O) groups excluding carboxylic acids is 1. The number of ether oxygens (including phenoxy) is 1. The van der Waals surface area contributed by atoms with E-state index in [0.29, 0.717) is 22.7 Å². The van der Waals surface area contributed by atoms with E-state index in [1.54, 1.807) is 25.1 Å². The second-order valence-corrected chi connectivity index (χ2v) is 4.47. The number of thiocarbonyl (C=S) groups is 1. The Labute approximate surface area is 120 Å². The first-order valence-electron chi connectivity index (χ1n) is 5.74. The van der Waals surface area contributed by atoms with Gasteiger partial charge in [0, 0.05) is 11.6 Å². The number of amides is 1. The summed E-state index contributed by atoms with van der Waals surface area (Å²) in [6, 6.07) is 6.67. The number of aromatic nitrogens is 1. The Balaban J connectivity index is 2.37. The van der Waals surface area contributed by atoms with Crippen molar-refractivity contribution in [2.45, 2.75) is 6.92 Å². The van der Waals surface area contributed by atoms with Crippen LogP contribution >= 0.6 is 12.2 Å². The molecule has 0 aliphatic rings. The number of benzene rings is 1. The first-order chi connectivity index (χ1) is 9.52. The fourth-order valence-electron chi connectivity index (χ4n) is 1.68. The number of hydrogen-bond donors (Lipinski definition) is 2. The molecule has 3 N–H and O–H groups in total. The van der Waals surface area contributed by atoms with Crippen LogP contribution in [0.5, 0.6) is 5.75 Å². The van der Waals surface area contributed by atoms with Gasteiger partial charge < -0.3 is 20.3 Å². The molecular formula is C13H13N3O3S.